The summed E-state index contributed by atoms with van der Waals surface area (Å²) in [5, 5.41) is 7.72. The van der Waals surface area contributed by atoms with Crippen LogP contribution < -0.4 is 10.1 Å². The average molecular weight is 275 g/mol. The van der Waals surface area contributed by atoms with Crippen LogP contribution in [0.1, 0.15) is 30.5 Å². The molecule has 1 aromatic heterocycles. The summed E-state index contributed by atoms with van der Waals surface area (Å²) in [7, 11) is 2.01. The summed E-state index contributed by atoms with van der Waals surface area (Å²) >= 11 is 1.75. The molecule has 19 heavy (non-hydrogen) atoms. The number of likely N-dealkylation sites (N-methyl/N-ethyl adjacent to an activating group) is 1. The molecule has 0 fully saturated rings. The highest BCUT2D eigenvalue weighted by atomic mass is 32.1. The lowest BCUT2D eigenvalue weighted by Gasteiger charge is -2.16. The van der Waals surface area contributed by atoms with Crippen LogP contribution >= 0.6 is 11.3 Å². The van der Waals surface area contributed by atoms with E-state index in [0.29, 0.717) is 6.04 Å². The smallest absolute Gasteiger partial charge is 0.119 e. The van der Waals surface area contributed by atoms with Crippen LogP contribution in [0.25, 0.3) is 0 Å². The molecular weight excluding hydrogens is 254 g/mol. The monoisotopic (exact) mass is 275 g/mol. The number of ether oxygens (including phenoxy) is 1. The van der Waals surface area contributed by atoms with Gasteiger partial charge in [0.1, 0.15) is 5.75 Å². The van der Waals surface area contributed by atoms with E-state index in [2.05, 4.69) is 53.3 Å². The molecule has 2 nitrogen and oxygen atoms in total. The van der Waals surface area contributed by atoms with Gasteiger partial charge in [0.15, 0.2) is 0 Å². The van der Waals surface area contributed by atoms with E-state index in [-0.39, 0.29) is 0 Å². The zero-order valence-corrected chi connectivity index (χ0v) is 12.4. The lowest BCUT2D eigenvalue weighted by Crippen LogP contribution is -2.18. The molecule has 0 saturated heterocycles. The van der Waals surface area contributed by atoms with Crippen LogP contribution in [0.5, 0.6) is 5.75 Å². The second kappa shape index (κ2) is 7.31. The third-order valence-electron chi connectivity index (χ3n) is 3.12. The van der Waals surface area contributed by atoms with Gasteiger partial charge in [-0.3, -0.25) is 0 Å². The molecule has 0 amide bonds. The van der Waals surface area contributed by atoms with E-state index in [0.717, 1.165) is 25.2 Å². The van der Waals surface area contributed by atoms with Crippen molar-refractivity contribution < 1.29 is 4.74 Å². The lowest BCUT2D eigenvalue weighted by molar-refractivity contribution is 0.317. The first-order chi connectivity index (χ1) is 9.33. The zero-order valence-electron chi connectivity index (χ0n) is 11.6. The first-order valence-electron chi connectivity index (χ1n) is 6.74. The van der Waals surface area contributed by atoms with Crippen molar-refractivity contribution in [2.45, 2.75) is 25.8 Å². The summed E-state index contributed by atoms with van der Waals surface area (Å²) < 4.78 is 5.61. The van der Waals surface area contributed by atoms with Gasteiger partial charge in [0.25, 0.3) is 0 Å². The Bertz CT molecular complexity index is 464. The molecule has 0 aliphatic rings. The quantitative estimate of drug-likeness (QED) is 0.823. The molecule has 0 aliphatic heterocycles. The van der Waals surface area contributed by atoms with Crippen LogP contribution in [0.2, 0.25) is 0 Å². The summed E-state index contributed by atoms with van der Waals surface area (Å²) in [5.41, 5.74) is 2.69. The molecule has 2 rings (SSSR count). The number of hydrogen-bond acceptors (Lipinski definition) is 3. The molecule has 1 N–H and O–H groups in total. The standard InChI is InChI=1S/C16H21NOS/c1-3-9-18-15-6-4-14(5-7-15)16(17-2)11-13-8-10-19-12-13/h4-8,10,12,16-17H,3,9,11H2,1-2H3. The minimum Gasteiger partial charge on any atom is -0.494 e. The topological polar surface area (TPSA) is 21.3 Å². The predicted octanol–water partition coefficient (Wildman–Crippen LogP) is 4.04. The van der Waals surface area contributed by atoms with Gasteiger partial charge < -0.3 is 10.1 Å². The maximum Gasteiger partial charge on any atom is 0.119 e. The largest absolute Gasteiger partial charge is 0.494 e. The van der Waals surface area contributed by atoms with Gasteiger partial charge in [-0.2, -0.15) is 11.3 Å². The fourth-order valence-electron chi connectivity index (χ4n) is 2.05. The third-order valence-corrected chi connectivity index (χ3v) is 3.86. The fraction of sp³-hybridized carbons (Fsp3) is 0.375. The average Bonchev–Trinajstić information content (AvgIpc) is 2.96. The summed E-state index contributed by atoms with van der Waals surface area (Å²) in [6, 6.07) is 11.0. The Balaban J connectivity index is 2.02. The van der Waals surface area contributed by atoms with E-state index in [1.165, 1.54) is 11.1 Å². The molecule has 2 aromatic rings. The molecule has 1 aromatic carbocycles. The molecule has 3 heteroatoms. The minimum atomic E-state index is 0.356. The SMILES string of the molecule is CCCOc1ccc(C(Cc2ccsc2)NC)cc1. The van der Waals surface area contributed by atoms with E-state index in [4.69, 9.17) is 4.74 Å². The van der Waals surface area contributed by atoms with E-state index in [1.54, 1.807) is 11.3 Å². The van der Waals surface area contributed by atoms with Gasteiger partial charge in [0.05, 0.1) is 6.61 Å². The highest BCUT2D eigenvalue weighted by Crippen LogP contribution is 2.22. The number of thiophene rings is 1. The summed E-state index contributed by atoms with van der Waals surface area (Å²) in [6.45, 7) is 2.90. The van der Waals surface area contributed by atoms with Crippen molar-refractivity contribution in [3.8, 4) is 5.75 Å². The molecule has 1 heterocycles. The highest BCUT2D eigenvalue weighted by Gasteiger charge is 2.10. The molecule has 0 spiro atoms. The van der Waals surface area contributed by atoms with Crippen LogP contribution in [-0.4, -0.2) is 13.7 Å². The number of benzene rings is 1. The maximum atomic E-state index is 5.61. The normalized spacial score (nSPS) is 12.3. The van der Waals surface area contributed by atoms with Crippen molar-refractivity contribution in [1.82, 2.24) is 5.32 Å². The number of nitrogens with one attached hydrogen (secondary N) is 1. The van der Waals surface area contributed by atoms with Gasteiger partial charge in [-0.15, -0.1) is 0 Å². The zero-order chi connectivity index (χ0) is 13.5. The Morgan fingerprint density at radius 3 is 2.58 bits per heavy atom. The van der Waals surface area contributed by atoms with E-state index < -0.39 is 0 Å². The van der Waals surface area contributed by atoms with Crippen LogP contribution in [0, 0.1) is 0 Å². The predicted molar refractivity (Wildman–Crippen MR) is 82.1 cm³/mol. The second-order valence-electron chi connectivity index (χ2n) is 4.59. The van der Waals surface area contributed by atoms with Crippen molar-refractivity contribution >= 4 is 11.3 Å². The van der Waals surface area contributed by atoms with Crippen molar-refractivity contribution in [3.63, 3.8) is 0 Å². The van der Waals surface area contributed by atoms with Gasteiger partial charge in [-0.1, -0.05) is 19.1 Å². The van der Waals surface area contributed by atoms with Gasteiger partial charge in [-0.25, -0.2) is 0 Å². The van der Waals surface area contributed by atoms with Crippen LogP contribution in [0.3, 0.4) is 0 Å². The Kier molecular flexibility index (Phi) is 5.43. The summed E-state index contributed by atoms with van der Waals surface area (Å²) in [4.78, 5) is 0. The molecule has 102 valence electrons. The van der Waals surface area contributed by atoms with Gasteiger partial charge >= 0.3 is 0 Å². The summed E-state index contributed by atoms with van der Waals surface area (Å²) in [5.74, 6) is 0.955. The van der Waals surface area contributed by atoms with E-state index in [9.17, 15) is 0 Å². The fourth-order valence-corrected chi connectivity index (χ4v) is 2.73. The molecule has 0 bridgehead atoms. The van der Waals surface area contributed by atoms with E-state index >= 15 is 0 Å². The molecular formula is C16H21NOS. The molecule has 1 unspecified atom stereocenters. The molecule has 1 atom stereocenters. The van der Waals surface area contributed by atoms with Crippen LogP contribution in [0.4, 0.5) is 0 Å². The van der Waals surface area contributed by atoms with Crippen molar-refractivity contribution in [3.05, 3.63) is 52.2 Å². The first-order valence-corrected chi connectivity index (χ1v) is 7.69. The Hall–Kier alpha value is -1.32. The van der Waals surface area contributed by atoms with Crippen molar-refractivity contribution in [1.29, 1.82) is 0 Å². The molecule has 0 saturated carbocycles. The van der Waals surface area contributed by atoms with Gasteiger partial charge in [0.2, 0.25) is 0 Å². The van der Waals surface area contributed by atoms with Crippen LogP contribution in [-0.2, 0) is 6.42 Å². The van der Waals surface area contributed by atoms with E-state index in [1.807, 2.05) is 7.05 Å². The third kappa shape index (κ3) is 4.08. The Labute approximate surface area is 119 Å². The summed E-state index contributed by atoms with van der Waals surface area (Å²) in [6.07, 6.45) is 2.06. The Morgan fingerprint density at radius 2 is 2.00 bits per heavy atom. The van der Waals surface area contributed by atoms with Gasteiger partial charge in [0, 0.05) is 6.04 Å². The number of rotatable bonds is 7. The van der Waals surface area contributed by atoms with Crippen molar-refractivity contribution in [2.24, 2.45) is 0 Å². The Morgan fingerprint density at radius 1 is 1.21 bits per heavy atom. The van der Waals surface area contributed by atoms with Crippen molar-refractivity contribution in [2.75, 3.05) is 13.7 Å². The molecule has 0 aliphatic carbocycles. The first kappa shape index (κ1) is 14.1. The number of hydrogen-bond donors (Lipinski definition) is 1. The maximum absolute atomic E-state index is 5.61. The van der Waals surface area contributed by atoms with Crippen LogP contribution in [0.15, 0.2) is 41.1 Å². The minimum absolute atomic E-state index is 0.356. The lowest BCUT2D eigenvalue weighted by atomic mass is 10.0. The highest BCUT2D eigenvalue weighted by molar-refractivity contribution is 7.07. The van der Waals surface area contributed by atoms with Gasteiger partial charge in [-0.05, 0) is 60.0 Å². The second-order valence-corrected chi connectivity index (χ2v) is 5.37. The molecule has 0 radical (unpaired) electrons.